The summed E-state index contributed by atoms with van der Waals surface area (Å²) in [4.78, 5) is 16.2. The van der Waals surface area contributed by atoms with Gasteiger partial charge in [-0.25, -0.2) is 4.98 Å². The largest absolute Gasteiger partial charge is 0.467 e. The Morgan fingerprint density at radius 2 is 2.12 bits per heavy atom. The van der Waals surface area contributed by atoms with E-state index in [1.165, 1.54) is 7.11 Å². The van der Waals surface area contributed by atoms with Crippen molar-refractivity contribution in [3.63, 3.8) is 0 Å². The summed E-state index contributed by atoms with van der Waals surface area (Å²) in [6, 6.07) is 3.61. The van der Waals surface area contributed by atoms with Gasteiger partial charge in [0.15, 0.2) is 0 Å². The fraction of sp³-hybridized carbons (Fsp3) is 0.200. The van der Waals surface area contributed by atoms with Crippen molar-refractivity contribution in [2.24, 2.45) is 0 Å². The van der Waals surface area contributed by atoms with Crippen LogP contribution in [0.1, 0.15) is 5.82 Å². The van der Waals surface area contributed by atoms with Crippen LogP contribution in [0.25, 0.3) is 0 Å². The number of rotatable bonds is 3. The predicted octanol–water partition coefficient (Wildman–Crippen LogP) is 1.98. The average Bonchev–Trinajstić information content (AvgIpc) is 2.28. The maximum atomic E-state index is 5.84. The van der Waals surface area contributed by atoms with Crippen molar-refractivity contribution in [3.8, 4) is 6.01 Å². The van der Waals surface area contributed by atoms with Crippen molar-refractivity contribution in [1.82, 2.24) is 19.9 Å². The molecule has 2 heterocycles. The lowest BCUT2D eigenvalue weighted by atomic mass is 10.4. The molecule has 0 radical (unpaired) electrons. The Morgan fingerprint density at radius 1 is 1.29 bits per heavy atom. The third-order valence-corrected chi connectivity index (χ3v) is 2.11. The van der Waals surface area contributed by atoms with Crippen LogP contribution in [0.4, 0.5) is 11.8 Å². The van der Waals surface area contributed by atoms with Gasteiger partial charge in [-0.05, 0) is 19.1 Å². The zero-order chi connectivity index (χ0) is 12.3. The topological polar surface area (TPSA) is 72.8 Å². The molecule has 0 spiro atoms. The minimum absolute atomic E-state index is 0.252. The zero-order valence-electron chi connectivity index (χ0n) is 9.31. The van der Waals surface area contributed by atoms with Gasteiger partial charge in [-0.2, -0.15) is 15.0 Å². The number of hydrogen-bond donors (Lipinski definition) is 1. The van der Waals surface area contributed by atoms with Crippen LogP contribution in [0.15, 0.2) is 18.3 Å². The Bertz CT molecular complexity index is 534. The highest BCUT2D eigenvalue weighted by Gasteiger charge is 2.04. The highest BCUT2D eigenvalue weighted by Crippen LogP contribution is 2.16. The summed E-state index contributed by atoms with van der Waals surface area (Å²) in [7, 11) is 1.50. The lowest BCUT2D eigenvalue weighted by Gasteiger charge is -2.05. The molecule has 0 aliphatic rings. The molecule has 0 saturated heterocycles. The molecule has 0 aliphatic heterocycles. The summed E-state index contributed by atoms with van der Waals surface area (Å²) in [6.07, 6.45) is 1.59. The number of pyridine rings is 1. The van der Waals surface area contributed by atoms with E-state index in [0.29, 0.717) is 22.6 Å². The van der Waals surface area contributed by atoms with Crippen LogP contribution in [0.5, 0.6) is 6.01 Å². The first-order chi connectivity index (χ1) is 8.17. The Kier molecular flexibility index (Phi) is 3.34. The average molecular weight is 252 g/mol. The van der Waals surface area contributed by atoms with Crippen LogP contribution in [-0.2, 0) is 0 Å². The number of hydrogen-bond acceptors (Lipinski definition) is 6. The van der Waals surface area contributed by atoms with Crippen molar-refractivity contribution >= 4 is 23.4 Å². The molecule has 0 saturated carbocycles. The second-order valence-electron chi connectivity index (χ2n) is 3.18. The zero-order valence-corrected chi connectivity index (χ0v) is 10.1. The van der Waals surface area contributed by atoms with Crippen molar-refractivity contribution < 1.29 is 4.74 Å². The van der Waals surface area contributed by atoms with E-state index in [-0.39, 0.29) is 6.01 Å². The molecule has 0 unspecified atom stereocenters. The summed E-state index contributed by atoms with van der Waals surface area (Å²) in [6.45, 7) is 1.75. The Hall–Kier alpha value is -1.95. The Morgan fingerprint density at radius 3 is 2.82 bits per heavy atom. The van der Waals surface area contributed by atoms with Gasteiger partial charge in [0.1, 0.15) is 11.6 Å². The second-order valence-corrected chi connectivity index (χ2v) is 3.61. The van der Waals surface area contributed by atoms with Crippen molar-refractivity contribution in [3.05, 3.63) is 29.2 Å². The van der Waals surface area contributed by atoms with Crippen LogP contribution in [-0.4, -0.2) is 27.0 Å². The fourth-order valence-electron chi connectivity index (χ4n) is 1.19. The highest BCUT2D eigenvalue weighted by atomic mass is 35.5. The first kappa shape index (κ1) is 11.5. The van der Waals surface area contributed by atoms with Crippen LogP contribution in [0.2, 0.25) is 5.02 Å². The first-order valence-corrected chi connectivity index (χ1v) is 5.20. The maximum Gasteiger partial charge on any atom is 0.321 e. The van der Waals surface area contributed by atoms with E-state index in [9.17, 15) is 0 Å². The van der Waals surface area contributed by atoms with Crippen molar-refractivity contribution in [1.29, 1.82) is 0 Å². The van der Waals surface area contributed by atoms with Gasteiger partial charge in [0, 0.05) is 11.2 Å². The van der Waals surface area contributed by atoms with Gasteiger partial charge in [-0.15, -0.1) is 0 Å². The molecule has 0 bridgehead atoms. The van der Waals surface area contributed by atoms with E-state index >= 15 is 0 Å². The van der Waals surface area contributed by atoms with Gasteiger partial charge in [0.25, 0.3) is 0 Å². The fourth-order valence-corrected chi connectivity index (χ4v) is 1.35. The van der Waals surface area contributed by atoms with E-state index in [1.807, 2.05) is 0 Å². The number of anilines is 2. The molecule has 0 amide bonds. The molecule has 0 atom stereocenters. The van der Waals surface area contributed by atoms with Crippen molar-refractivity contribution in [2.45, 2.75) is 6.92 Å². The monoisotopic (exact) mass is 251 g/mol. The van der Waals surface area contributed by atoms with Gasteiger partial charge in [0.2, 0.25) is 5.95 Å². The second kappa shape index (κ2) is 4.92. The highest BCUT2D eigenvalue weighted by molar-refractivity contribution is 6.30. The Labute approximate surface area is 103 Å². The van der Waals surface area contributed by atoms with Crippen LogP contribution < -0.4 is 10.1 Å². The van der Waals surface area contributed by atoms with Gasteiger partial charge in [-0.1, -0.05) is 11.6 Å². The molecule has 0 aliphatic carbocycles. The van der Waals surface area contributed by atoms with E-state index in [2.05, 4.69) is 25.3 Å². The number of halogens is 1. The van der Waals surface area contributed by atoms with E-state index in [1.54, 1.807) is 25.3 Å². The summed E-state index contributed by atoms with van der Waals surface area (Å²) in [5, 5.41) is 3.51. The Balaban J connectivity index is 2.26. The molecule has 17 heavy (non-hydrogen) atoms. The quantitative estimate of drug-likeness (QED) is 0.899. The summed E-state index contributed by atoms with van der Waals surface area (Å²) >= 11 is 5.84. The molecule has 7 heteroatoms. The number of aromatic nitrogens is 4. The SMILES string of the molecule is COc1nc(C)nc(Nc2cc(Cl)ccn2)n1. The molecule has 2 aromatic heterocycles. The van der Waals surface area contributed by atoms with Gasteiger partial charge in [-0.3, -0.25) is 0 Å². The molecule has 6 nitrogen and oxygen atoms in total. The minimum atomic E-state index is 0.252. The molecular weight excluding hydrogens is 242 g/mol. The summed E-state index contributed by atoms with van der Waals surface area (Å²) in [5.41, 5.74) is 0. The molecule has 1 N–H and O–H groups in total. The van der Waals surface area contributed by atoms with Gasteiger partial charge < -0.3 is 10.1 Å². The van der Waals surface area contributed by atoms with E-state index in [4.69, 9.17) is 16.3 Å². The normalized spacial score (nSPS) is 10.1. The number of methoxy groups -OCH3 is 1. The molecule has 0 aromatic carbocycles. The third-order valence-electron chi connectivity index (χ3n) is 1.87. The van der Waals surface area contributed by atoms with Gasteiger partial charge >= 0.3 is 6.01 Å². The summed E-state index contributed by atoms with van der Waals surface area (Å²) < 4.78 is 4.95. The number of nitrogens with zero attached hydrogens (tertiary/aromatic N) is 4. The molecular formula is C10H10ClN5O. The van der Waals surface area contributed by atoms with Gasteiger partial charge in [0.05, 0.1) is 7.11 Å². The molecule has 2 rings (SSSR count). The molecule has 88 valence electrons. The number of nitrogens with one attached hydrogen (secondary N) is 1. The van der Waals surface area contributed by atoms with Crippen molar-refractivity contribution in [2.75, 3.05) is 12.4 Å². The van der Waals surface area contributed by atoms with Crippen LogP contribution >= 0.6 is 11.6 Å². The third kappa shape index (κ3) is 3.01. The summed E-state index contributed by atoms with van der Waals surface area (Å²) in [5.74, 6) is 1.48. The minimum Gasteiger partial charge on any atom is -0.467 e. The lowest BCUT2D eigenvalue weighted by molar-refractivity contribution is 0.377. The standard InChI is InChI=1S/C10H10ClN5O/c1-6-13-9(16-10(14-6)17-2)15-8-5-7(11)3-4-12-8/h3-5H,1-2H3,(H,12,13,14,15,16). The van der Waals surface area contributed by atoms with Crippen LogP contribution in [0.3, 0.4) is 0 Å². The smallest absolute Gasteiger partial charge is 0.321 e. The number of aryl methyl sites for hydroxylation is 1. The lowest BCUT2D eigenvalue weighted by Crippen LogP contribution is -2.04. The number of ether oxygens (including phenoxy) is 1. The van der Waals surface area contributed by atoms with Crippen LogP contribution in [0, 0.1) is 6.92 Å². The van der Waals surface area contributed by atoms with E-state index in [0.717, 1.165) is 0 Å². The molecule has 0 fully saturated rings. The first-order valence-electron chi connectivity index (χ1n) is 4.82. The van der Waals surface area contributed by atoms with E-state index < -0.39 is 0 Å². The predicted molar refractivity (Wildman–Crippen MR) is 63.6 cm³/mol. The maximum absolute atomic E-state index is 5.84. The molecule has 2 aromatic rings.